The smallest absolute Gasteiger partial charge is 0.150 e. The average Bonchev–Trinajstić information content (AvgIpc) is 2.53. The van der Waals surface area contributed by atoms with Gasteiger partial charge in [-0.05, 0) is 51.8 Å². The summed E-state index contributed by atoms with van der Waals surface area (Å²) >= 11 is 3.46. The van der Waals surface area contributed by atoms with E-state index in [1.54, 1.807) is 33.5 Å². The Morgan fingerprint density at radius 3 is 2.24 bits per heavy atom. The van der Waals surface area contributed by atoms with E-state index in [1.165, 1.54) is 0 Å². The van der Waals surface area contributed by atoms with E-state index in [9.17, 15) is 4.79 Å². The Bertz CT molecular complexity index is 668. The van der Waals surface area contributed by atoms with Gasteiger partial charge in [0.2, 0.25) is 0 Å². The van der Waals surface area contributed by atoms with Gasteiger partial charge in [0, 0.05) is 11.1 Å². The molecular weight excluding hydrogens is 336 g/mol. The van der Waals surface area contributed by atoms with Crippen molar-refractivity contribution in [3.63, 3.8) is 0 Å². The molecule has 110 valence electrons. The highest BCUT2D eigenvalue weighted by atomic mass is 79.9. The summed E-state index contributed by atoms with van der Waals surface area (Å²) in [7, 11) is 4.73. The second kappa shape index (κ2) is 6.63. The molecule has 0 aromatic heterocycles. The van der Waals surface area contributed by atoms with Crippen LogP contribution in [0.1, 0.15) is 10.4 Å². The van der Waals surface area contributed by atoms with Crippen LogP contribution in [0.2, 0.25) is 0 Å². The molecule has 4 nitrogen and oxygen atoms in total. The molecule has 0 aliphatic rings. The van der Waals surface area contributed by atoms with Gasteiger partial charge in [-0.3, -0.25) is 4.79 Å². The zero-order chi connectivity index (χ0) is 15.4. The second-order valence-electron chi connectivity index (χ2n) is 4.23. The first-order valence-electron chi connectivity index (χ1n) is 6.20. The van der Waals surface area contributed by atoms with E-state index in [0.29, 0.717) is 27.3 Å². The zero-order valence-electron chi connectivity index (χ0n) is 12.0. The molecule has 2 rings (SSSR count). The van der Waals surface area contributed by atoms with Gasteiger partial charge in [-0.25, -0.2) is 0 Å². The fraction of sp³-hybridized carbons (Fsp3) is 0.188. The van der Waals surface area contributed by atoms with Crippen molar-refractivity contribution in [3.8, 4) is 28.4 Å². The summed E-state index contributed by atoms with van der Waals surface area (Å²) in [5, 5.41) is 0. The zero-order valence-corrected chi connectivity index (χ0v) is 13.6. The van der Waals surface area contributed by atoms with Gasteiger partial charge in [0.15, 0.2) is 6.29 Å². The average molecular weight is 351 g/mol. The summed E-state index contributed by atoms with van der Waals surface area (Å²) in [6, 6.07) is 9.01. The van der Waals surface area contributed by atoms with Crippen LogP contribution in [0.4, 0.5) is 0 Å². The lowest BCUT2D eigenvalue weighted by Crippen LogP contribution is -1.96. The fourth-order valence-electron chi connectivity index (χ4n) is 2.12. The maximum absolute atomic E-state index is 11.3. The Hall–Kier alpha value is -2.01. The molecule has 0 unspecified atom stereocenters. The minimum atomic E-state index is 0.532. The summed E-state index contributed by atoms with van der Waals surface area (Å²) in [6.07, 6.45) is 0.801. The summed E-state index contributed by atoms with van der Waals surface area (Å²) in [6.45, 7) is 0. The van der Waals surface area contributed by atoms with Crippen LogP contribution in [0.5, 0.6) is 17.2 Å². The number of carbonyl (C=O) groups excluding carboxylic acids is 1. The van der Waals surface area contributed by atoms with Crippen LogP contribution in [0.15, 0.2) is 34.8 Å². The van der Waals surface area contributed by atoms with Crippen LogP contribution >= 0.6 is 15.9 Å². The number of aldehydes is 1. The molecule has 0 radical (unpaired) electrons. The summed E-state index contributed by atoms with van der Waals surface area (Å²) in [5.74, 6) is 1.91. The molecule has 0 aliphatic heterocycles. The van der Waals surface area contributed by atoms with E-state index in [4.69, 9.17) is 14.2 Å². The van der Waals surface area contributed by atoms with E-state index >= 15 is 0 Å². The van der Waals surface area contributed by atoms with E-state index in [-0.39, 0.29) is 0 Å². The van der Waals surface area contributed by atoms with Crippen LogP contribution in [0, 0.1) is 0 Å². The lowest BCUT2D eigenvalue weighted by molar-refractivity contribution is 0.112. The molecule has 0 atom stereocenters. The van der Waals surface area contributed by atoms with Crippen molar-refractivity contribution in [3.05, 3.63) is 40.4 Å². The largest absolute Gasteiger partial charge is 0.497 e. The number of methoxy groups -OCH3 is 3. The van der Waals surface area contributed by atoms with Crippen LogP contribution in [0.3, 0.4) is 0 Å². The molecule has 5 heteroatoms. The Morgan fingerprint density at radius 1 is 0.952 bits per heavy atom. The van der Waals surface area contributed by atoms with Gasteiger partial charge in [-0.1, -0.05) is 0 Å². The predicted octanol–water partition coefficient (Wildman–Crippen LogP) is 3.95. The van der Waals surface area contributed by atoms with Gasteiger partial charge in [-0.15, -0.1) is 0 Å². The quantitative estimate of drug-likeness (QED) is 0.765. The van der Waals surface area contributed by atoms with Crippen molar-refractivity contribution in [2.75, 3.05) is 21.3 Å². The monoisotopic (exact) mass is 350 g/mol. The van der Waals surface area contributed by atoms with E-state index in [0.717, 1.165) is 17.4 Å². The standard InChI is InChI=1S/C16H15BrO4/c1-19-11-4-5-12(10(8-11)9-18)13-6-7-14(20-2)15(17)16(13)21-3/h4-9H,1-3H3. The Balaban J connectivity index is 2.67. The Kier molecular flexibility index (Phi) is 4.85. The van der Waals surface area contributed by atoms with E-state index in [2.05, 4.69) is 15.9 Å². The predicted molar refractivity (Wildman–Crippen MR) is 84.6 cm³/mol. The Labute approximate surface area is 131 Å². The topological polar surface area (TPSA) is 44.8 Å². The number of ether oxygens (including phenoxy) is 3. The van der Waals surface area contributed by atoms with Crippen LogP contribution < -0.4 is 14.2 Å². The van der Waals surface area contributed by atoms with Gasteiger partial charge in [0.1, 0.15) is 21.7 Å². The fourth-order valence-corrected chi connectivity index (χ4v) is 2.79. The maximum atomic E-state index is 11.3. The molecule has 0 aliphatic carbocycles. The molecule has 0 heterocycles. The molecular formula is C16H15BrO4. The summed E-state index contributed by atoms with van der Waals surface area (Å²) < 4.78 is 16.6. The minimum absolute atomic E-state index is 0.532. The number of rotatable bonds is 5. The number of hydrogen-bond donors (Lipinski definition) is 0. The van der Waals surface area contributed by atoms with Crippen molar-refractivity contribution >= 4 is 22.2 Å². The third kappa shape index (κ3) is 2.88. The lowest BCUT2D eigenvalue weighted by Gasteiger charge is -2.15. The number of carbonyl (C=O) groups is 1. The van der Waals surface area contributed by atoms with Gasteiger partial charge in [-0.2, -0.15) is 0 Å². The van der Waals surface area contributed by atoms with Crippen molar-refractivity contribution in [2.24, 2.45) is 0 Å². The number of benzene rings is 2. The molecule has 0 bridgehead atoms. The van der Waals surface area contributed by atoms with Gasteiger partial charge < -0.3 is 14.2 Å². The SMILES string of the molecule is COc1ccc(-c2ccc(OC)c(Br)c2OC)c(C=O)c1. The first-order valence-corrected chi connectivity index (χ1v) is 6.99. The third-order valence-corrected chi connectivity index (χ3v) is 3.91. The van der Waals surface area contributed by atoms with Gasteiger partial charge >= 0.3 is 0 Å². The minimum Gasteiger partial charge on any atom is -0.497 e. The van der Waals surface area contributed by atoms with Crippen molar-refractivity contribution in [2.45, 2.75) is 0 Å². The molecule has 2 aromatic rings. The van der Waals surface area contributed by atoms with Crippen LogP contribution in [-0.4, -0.2) is 27.6 Å². The first kappa shape index (κ1) is 15.4. The summed E-state index contributed by atoms with van der Waals surface area (Å²) in [4.78, 5) is 11.3. The second-order valence-corrected chi connectivity index (χ2v) is 5.03. The summed E-state index contributed by atoms with van der Waals surface area (Å²) in [5.41, 5.74) is 2.10. The normalized spacial score (nSPS) is 10.1. The number of hydrogen-bond acceptors (Lipinski definition) is 4. The van der Waals surface area contributed by atoms with Crippen LogP contribution in [0.25, 0.3) is 11.1 Å². The highest BCUT2D eigenvalue weighted by Gasteiger charge is 2.16. The Morgan fingerprint density at radius 2 is 1.67 bits per heavy atom. The van der Waals surface area contributed by atoms with Gasteiger partial charge in [0.25, 0.3) is 0 Å². The highest BCUT2D eigenvalue weighted by molar-refractivity contribution is 9.10. The molecule has 0 fully saturated rings. The molecule has 0 spiro atoms. The van der Waals surface area contributed by atoms with Crippen molar-refractivity contribution < 1.29 is 19.0 Å². The van der Waals surface area contributed by atoms with Crippen LogP contribution in [-0.2, 0) is 0 Å². The molecule has 2 aromatic carbocycles. The van der Waals surface area contributed by atoms with Gasteiger partial charge in [0.05, 0.1) is 21.3 Å². The van der Waals surface area contributed by atoms with Crippen molar-refractivity contribution in [1.29, 1.82) is 0 Å². The highest BCUT2D eigenvalue weighted by Crippen LogP contribution is 2.43. The third-order valence-electron chi connectivity index (χ3n) is 3.16. The molecule has 0 saturated carbocycles. The van der Waals surface area contributed by atoms with Crippen molar-refractivity contribution in [1.82, 2.24) is 0 Å². The van der Waals surface area contributed by atoms with E-state index in [1.807, 2.05) is 18.2 Å². The maximum Gasteiger partial charge on any atom is 0.150 e. The first-order chi connectivity index (χ1) is 10.2. The lowest BCUT2D eigenvalue weighted by atomic mass is 9.99. The number of halogens is 1. The molecule has 0 saturated heterocycles. The molecule has 0 N–H and O–H groups in total. The molecule has 0 amide bonds. The van der Waals surface area contributed by atoms with E-state index < -0.39 is 0 Å². The molecule has 21 heavy (non-hydrogen) atoms.